The van der Waals surface area contributed by atoms with Gasteiger partial charge in [-0.2, -0.15) is 4.98 Å². The summed E-state index contributed by atoms with van der Waals surface area (Å²) in [5.41, 5.74) is 0. The molecule has 0 saturated carbocycles. The SMILES string of the molecule is CCOc1cccc(OCCC2CCNC2)n1. The van der Waals surface area contributed by atoms with Crippen molar-refractivity contribution in [3.63, 3.8) is 0 Å². The summed E-state index contributed by atoms with van der Waals surface area (Å²) in [4.78, 5) is 4.27. The molecule has 1 aromatic rings. The highest BCUT2D eigenvalue weighted by atomic mass is 16.5. The van der Waals surface area contributed by atoms with Gasteiger partial charge >= 0.3 is 0 Å². The molecule has 0 bridgehead atoms. The molecule has 1 fully saturated rings. The third kappa shape index (κ3) is 3.89. The summed E-state index contributed by atoms with van der Waals surface area (Å²) in [7, 11) is 0. The molecule has 1 atom stereocenters. The van der Waals surface area contributed by atoms with Crippen molar-refractivity contribution < 1.29 is 9.47 Å². The molecule has 1 aliphatic heterocycles. The number of hydrogen-bond acceptors (Lipinski definition) is 4. The fourth-order valence-electron chi connectivity index (χ4n) is 2.00. The molecule has 2 heterocycles. The minimum atomic E-state index is 0.629. The summed E-state index contributed by atoms with van der Waals surface area (Å²) in [6.07, 6.45) is 2.35. The zero-order valence-corrected chi connectivity index (χ0v) is 10.3. The average molecular weight is 236 g/mol. The van der Waals surface area contributed by atoms with Crippen LogP contribution in [0, 0.1) is 5.92 Å². The fraction of sp³-hybridized carbons (Fsp3) is 0.615. The first-order valence-corrected chi connectivity index (χ1v) is 6.32. The van der Waals surface area contributed by atoms with E-state index in [4.69, 9.17) is 9.47 Å². The van der Waals surface area contributed by atoms with E-state index < -0.39 is 0 Å². The minimum absolute atomic E-state index is 0.629. The summed E-state index contributed by atoms with van der Waals surface area (Å²) in [6, 6.07) is 5.62. The van der Waals surface area contributed by atoms with E-state index in [9.17, 15) is 0 Å². The lowest BCUT2D eigenvalue weighted by molar-refractivity contribution is 0.265. The molecule has 4 nitrogen and oxygen atoms in total. The van der Waals surface area contributed by atoms with Crippen LogP contribution in [0.15, 0.2) is 18.2 Å². The quantitative estimate of drug-likeness (QED) is 0.818. The van der Waals surface area contributed by atoms with Gasteiger partial charge in [-0.05, 0) is 38.8 Å². The first kappa shape index (κ1) is 12.2. The van der Waals surface area contributed by atoms with E-state index in [1.54, 1.807) is 0 Å². The van der Waals surface area contributed by atoms with Crippen LogP contribution in [0.1, 0.15) is 19.8 Å². The minimum Gasteiger partial charge on any atom is -0.478 e. The van der Waals surface area contributed by atoms with Crippen LogP contribution in [-0.4, -0.2) is 31.3 Å². The Hall–Kier alpha value is -1.29. The molecular weight excluding hydrogens is 216 g/mol. The number of nitrogens with one attached hydrogen (secondary N) is 1. The highest BCUT2D eigenvalue weighted by Gasteiger charge is 2.14. The van der Waals surface area contributed by atoms with Crippen LogP contribution in [-0.2, 0) is 0 Å². The van der Waals surface area contributed by atoms with Gasteiger partial charge < -0.3 is 14.8 Å². The molecule has 17 heavy (non-hydrogen) atoms. The molecule has 1 N–H and O–H groups in total. The summed E-state index contributed by atoms with van der Waals surface area (Å²) in [5, 5.41) is 3.36. The van der Waals surface area contributed by atoms with Crippen molar-refractivity contribution in [3.8, 4) is 11.8 Å². The number of rotatable bonds is 6. The number of aromatic nitrogens is 1. The summed E-state index contributed by atoms with van der Waals surface area (Å²) >= 11 is 0. The second-order valence-corrected chi connectivity index (χ2v) is 4.24. The Bertz CT molecular complexity index is 338. The Balaban J connectivity index is 1.75. The van der Waals surface area contributed by atoms with Crippen molar-refractivity contribution in [2.24, 2.45) is 5.92 Å². The summed E-state index contributed by atoms with van der Waals surface area (Å²) < 4.78 is 11.0. The Labute approximate surface area is 102 Å². The third-order valence-corrected chi connectivity index (χ3v) is 2.93. The van der Waals surface area contributed by atoms with Gasteiger partial charge in [-0.25, -0.2) is 0 Å². The predicted octanol–water partition coefficient (Wildman–Crippen LogP) is 1.86. The topological polar surface area (TPSA) is 43.4 Å². The van der Waals surface area contributed by atoms with Crippen LogP contribution in [0.25, 0.3) is 0 Å². The van der Waals surface area contributed by atoms with Crippen molar-refractivity contribution in [1.29, 1.82) is 0 Å². The van der Waals surface area contributed by atoms with E-state index in [0.717, 1.165) is 32.0 Å². The molecule has 0 aromatic carbocycles. The Morgan fingerprint density at radius 2 is 2.18 bits per heavy atom. The maximum absolute atomic E-state index is 5.64. The standard InChI is InChI=1S/C13H20N2O2/c1-2-16-12-4-3-5-13(15-12)17-9-7-11-6-8-14-10-11/h3-5,11,14H,2,6-10H2,1H3. The Morgan fingerprint density at radius 3 is 2.88 bits per heavy atom. The molecule has 94 valence electrons. The molecule has 1 aromatic heterocycles. The number of ether oxygens (including phenoxy) is 2. The van der Waals surface area contributed by atoms with Crippen LogP contribution in [0.2, 0.25) is 0 Å². The van der Waals surface area contributed by atoms with Crippen LogP contribution < -0.4 is 14.8 Å². The van der Waals surface area contributed by atoms with Crippen molar-refractivity contribution >= 4 is 0 Å². The lowest BCUT2D eigenvalue weighted by atomic mass is 10.1. The van der Waals surface area contributed by atoms with Crippen LogP contribution in [0.3, 0.4) is 0 Å². The largest absolute Gasteiger partial charge is 0.478 e. The molecule has 0 amide bonds. The first-order valence-electron chi connectivity index (χ1n) is 6.32. The number of pyridine rings is 1. The number of nitrogens with zero attached hydrogens (tertiary/aromatic N) is 1. The second kappa shape index (κ2) is 6.45. The smallest absolute Gasteiger partial charge is 0.216 e. The van der Waals surface area contributed by atoms with Crippen LogP contribution in [0.4, 0.5) is 0 Å². The lowest BCUT2D eigenvalue weighted by Crippen LogP contribution is -2.12. The molecule has 0 aliphatic carbocycles. The van der Waals surface area contributed by atoms with E-state index in [1.165, 1.54) is 6.42 Å². The molecule has 0 spiro atoms. The van der Waals surface area contributed by atoms with Crippen LogP contribution >= 0.6 is 0 Å². The maximum Gasteiger partial charge on any atom is 0.216 e. The second-order valence-electron chi connectivity index (χ2n) is 4.24. The van der Waals surface area contributed by atoms with Crippen molar-refractivity contribution in [2.75, 3.05) is 26.3 Å². The lowest BCUT2D eigenvalue weighted by Gasteiger charge is -2.10. The fourth-order valence-corrected chi connectivity index (χ4v) is 2.00. The average Bonchev–Trinajstić information content (AvgIpc) is 2.83. The van der Waals surface area contributed by atoms with Gasteiger partial charge in [0.2, 0.25) is 11.8 Å². The summed E-state index contributed by atoms with van der Waals surface area (Å²) in [6.45, 7) is 5.57. The van der Waals surface area contributed by atoms with E-state index in [2.05, 4.69) is 10.3 Å². The van der Waals surface area contributed by atoms with Gasteiger partial charge in [-0.15, -0.1) is 0 Å². The zero-order valence-electron chi connectivity index (χ0n) is 10.3. The molecule has 1 unspecified atom stereocenters. The van der Waals surface area contributed by atoms with E-state index in [1.807, 2.05) is 25.1 Å². The third-order valence-electron chi connectivity index (χ3n) is 2.93. The zero-order chi connectivity index (χ0) is 11.9. The Kier molecular flexibility index (Phi) is 4.62. The molecule has 1 aliphatic rings. The maximum atomic E-state index is 5.64. The van der Waals surface area contributed by atoms with Gasteiger partial charge in [0, 0.05) is 12.1 Å². The van der Waals surface area contributed by atoms with Crippen molar-refractivity contribution in [3.05, 3.63) is 18.2 Å². The van der Waals surface area contributed by atoms with E-state index in [-0.39, 0.29) is 0 Å². The van der Waals surface area contributed by atoms with Crippen molar-refractivity contribution in [1.82, 2.24) is 10.3 Å². The van der Waals surface area contributed by atoms with Gasteiger partial charge in [0.1, 0.15) is 0 Å². The monoisotopic (exact) mass is 236 g/mol. The van der Waals surface area contributed by atoms with Gasteiger partial charge in [0.15, 0.2) is 0 Å². The predicted molar refractivity (Wildman–Crippen MR) is 66.5 cm³/mol. The van der Waals surface area contributed by atoms with Gasteiger partial charge in [0.05, 0.1) is 13.2 Å². The summed E-state index contributed by atoms with van der Waals surface area (Å²) in [5.74, 6) is 2.04. The molecule has 0 radical (unpaired) electrons. The Morgan fingerprint density at radius 1 is 1.35 bits per heavy atom. The highest BCUT2D eigenvalue weighted by molar-refractivity contribution is 5.19. The molecule has 4 heteroatoms. The van der Waals surface area contributed by atoms with Gasteiger partial charge in [-0.3, -0.25) is 0 Å². The van der Waals surface area contributed by atoms with Gasteiger partial charge in [-0.1, -0.05) is 6.07 Å². The highest BCUT2D eigenvalue weighted by Crippen LogP contribution is 2.16. The van der Waals surface area contributed by atoms with Gasteiger partial charge in [0.25, 0.3) is 0 Å². The normalized spacial score (nSPS) is 19.2. The molecule has 2 rings (SSSR count). The van der Waals surface area contributed by atoms with Crippen LogP contribution in [0.5, 0.6) is 11.8 Å². The number of hydrogen-bond donors (Lipinski definition) is 1. The molecular formula is C13H20N2O2. The van der Waals surface area contributed by atoms with Crippen molar-refractivity contribution in [2.45, 2.75) is 19.8 Å². The first-order chi connectivity index (χ1) is 8.38. The van der Waals surface area contributed by atoms with E-state index >= 15 is 0 Å². The van der Waals surface area contributed by atoms with E-state index in [0.29, 0.717) is 18.4 Å². The molecule has 1 saturated heterocycles.